The van der Waals surface area contributed by atoms with Crippen LogP contribution in [-0.4, -0.2) is 18.9 Å². The molecule has 0 spiro atoms. The molecule has 1 N–H and O–H groups in total. The van der Waals surface area contributed by atoms with Gasteiger partial charge in [0.2, 0.25) is 0 Å². The van der Waals surface area contributed by atoms with E-state index >= 15 is 0 Å². The summed E-state index contributed by atoms with van der Waals surface area (Å²) in [7, 11) is 0. The van der Waals surface area contributed by atoms with E-state index in [0.717, 1.165) is 36.0 Å². The molecule has 2 heterocycles. The molecule has 1 atom stereocenters. The minimum absolute atomic E-state index is 0.198. The summed E-state index contributed by atoms with van der Waals surface area (Å²) in [6.45, 7) is 1.99. The molecule has 1 saturated heterocycles. The lowest BCUT2D eigenvalue weighted by atomic mass is 9.97. The van der Waals surface area contributed by atoms with Crippen LogP contribution in [0.2, 0.25) is 0 Å². The van der Waals surface area contributed by atoms with Crippen LogP contribution in [0.1, 0.15) is 23.2 Å². The number of para-hydroxylation sites is 1. The Bertz CT molecular complexity index is 538. The van der Waals surface area contributed by atoms with Crippen molar-refractivity contribution in [2.75, 3.05) is 13.1 Å². The van der Waals surface area contributed by atoms with E-state index in [4.69, 9.17) is 4.42 Å². The normalized spacial score (nSPS) is 19.9. The van der Waals surface area contributed by atoms with Gasteiger partial charge in [0.1, 0.15) is 11.8 Å². The summed E-state index contributed by atoms with van der Waals surface area (Å²) < 4.78 is 5.40. The first-order chi connectivity index (χ1) is 8.34. The lowest BCUT2D eigenvalue weighted by molar-refractivity contribution is 0.0965. The second kappa shape index (κ2) is 4.34. The molecule has 88 valence electrons. The standard InChI is InChI=1S/C14H15NO2/c16-13(7-10-5-6-15-8-10)12-9-17-14-4-2-1-3-11(12)14/h1-4,9-10,15H,5-8H2. The Morgan fingerprint density at radius 3 is 3.12 bits per heavy atom. The highest BCUT2D eigenvalue weighted by atomic mass is 16.3. The van der Waals surface area contributed by atoms with Gasteiger partial charge >= 0.3 is 0 Å². The van der Waals surface area contributed by atoms with E-state index in [2.05, 4.69) is 5.32 Å². The number of carbonyl (C=O) groups is 1. The van der Waals surface area contributed by atoms with Gasteiger partial charge in [-0.05, 0) is 31.5 Å². The lowest BCUT2D eigenvalue weighted by Crippen LogP contribution is -2.12. The fraction of sp³-hybridized carbons (Fsp3) is 0.357. The van der Waals surface area contributed by atoms with E-state index in [0.29, 0.717) is 12.3 Å². The number of fused-ring (bicyclic) bond motifs is 1. The number of furan rings is 1. The predicted octanol–water partition coefficient (Wildman–Crippen LogP) is 2.62. The highest BCUT2D eigenvalue weighted by molar-refractivity contribution is 6.07. The summed E-state index contributed by atoms with van der Waals surface area (Å²) >= 11 is 0. The van der Waals surface area contributed by atoms with Gasteiger partial charge in [-0.2, -0.15) is 0 Å². The van der Waals surface area contributed by atoms with Crippen molar-refractivity contribution < 1.29 is 9.21 Å². The van der Waals surface area contributed by atoms with Crippen molar-refractivity contribution in [3.8, 4) is 0 Å². The smallest absolute Gasteiger partial charge is 0.167 e. The fourth-order valence-corrected chi connectivity index (χ4v) is 2.45. The molecule has 1 unspecified atom stereocenters. The largest absolute Gasteiger partial charge is 0.464 e. The van der Waals surface area contributed by atoms with Crippen molar-refractivity contribution in [2.45, 2.75) is 12.8 Å². The Kier molecular flexibility index (Phi) is 2.69. The molecule has 2 aromatic rings. The van der Waals surface area contributed by atoms with Crippen LogP contribution >= 0.6 is 0 Å². The molecule has 0 amide bonds. The van der Waals surface area contributed by atoms with E-state index in [1.165, 1.54) is 0 Å². The zero-order valence-corrected chi connectivity index (χ0v) is 9.61. The van der Waals surface area contributed by atoms with Crippen LogP contribution in [0, 0.1) is 5.92 Å². The van der Waals surface area contributed by atoms with Crippen molar-refractivity contribution in [1.29, 1.82) is 0 Å². The minimum atomic E-state index is 0.198. The maximum Gasteiger partial charge on any atom is 0.167 e. The lowest BCUT2D eigenvalue weighted by Gasteiger charge is -2.05. The van der Waals surface area contributed by atoms with Crippen molar-refractivity contribution >= 4 is 16.8 Å². The third-order valence-corrected chi connectivity index (χ3v) is 3.42. The van der Waals surface area contributed by atoms with Crippen LogP contribution in [0.5, 0.6) is 0 Å². The number of Topliss-reactive ketones (excluding diaryl/α,β-unsaturated/α-hetero) is 1. The Hall–Kier alpha value is -1.61. The molecular weight excluding hydrogens is 214 g/mol. The van der Waals surface area contributed by atoms with E-state index < -0.39 is 0 Å². The molecule has 0 saturated carbocycles. The number of hydrogen-bond acceptors (Lipinski definition) is 3. The molecule has 0 bridgehead atoms. The van der Waals surface area contributed by atoms with E-state index in [9.17, 15) is 4.79 Å². The van der Waals surface area contributed by atoms with Gasteiger partial charge in [0, 0.05) is 11.8 Å². The van der Waals surface area contributed by atoms with Gasteiger partial charge in [-0.25, -0.2) is 0 Å². The van der Waals surface area contributed by atoms with Crippen LogP contribution in [0.3, 0.4) is 0 Å². The number of rotatable bonds is 3. The maximum atomic E-state index is 12.2. The molecule has 1 aromatic carbocycles. The van der Waals surface area contributed by atoms with Crippen molar-refractivity contribution in [1.82, 2.24) is 5.32 Å². The number of carbonyl (C=O) groups excluding carboxylic acids is 1. The molecule has 3 rings (SSSR count). The molecule has 3 heteroatoms. The quantitative estimate of drug-likeness (QED) is 0.823. The third-order valence-electron chi connectivity index (χ3n) is 3.42. The molecule has 3 nitrogen and oxygen atoms in total. The monoisotopic (exact) mass is 229 g/mol. The average Bonchev–Trinajstić information content (AvgIpc) is 2.96. The van der Waals surface area contributed by atoms with E-state index in [1.54, 1.807) is 6.26 Å². The molecular formula is C14H15NO2. The Labute approximate surface area is 99.8 Å². The molecule has 1 aliphatic heterocycles. The number of benzene rings is 1. The Balaban J connectivity index is 1.85. The van der Waals surface area contributed by atoms with Gasteiger partial charge in [0.15, 0.2) is 5.78 Å². The van der Waals surface area contributed by atoms with Crippen LogP contribution in [0.4, 0.5) is 0 Å². The second-order valence-corrected chi connectivity index (χ2v) is 4.63. The van der Waals surface area contributed by atoms with Crippen LogP contribution in [-0.2, 0) is 0 Å². The van der Waals surface area contributed by atoms with Crippen LogP contribution < -0.4 is 5.32 Å². The number of ketones is 1. The minimum Gasteiger partial charge on any atom is -0.464 e. The van der Waals surface area contributed by atoms with Crippen molar-refractivity contribution in [3.63, 3.8) is 0 Å². The van der Waals surface area contributed by atoms with E-state index in [-0.39, 0.29) is 5.78 Å². The fourth-order valence-electron chi connectivity index (χ4n) is 2.45. The maximum absolute atomic E-state index is 12.2. The first-order valence-corrected chi connectivity index (χ1v) is 6.05. The summed E-state index contributed by atoms with van der Waals surface area (Å²) in [4.78, 5) is 12.2. The Morgan fingerprint density at radius 2 is 2.29 bits per heavy atom. The van der Waals surface area contributed by atoms with Crippen molar-refractivity contribution in [2.24, 2.45) is 5.92 Å². The van der Waals surface area contributed by atoms with Gasteiger partial charge in [0.25, 0.3) is 0 Å². The van der Waals surface area contributed by atoms with Crippen LogP contribution in [0.15, 0.2) is 34.9 Å². The Morgan fingerprint density at radius 1 is 1.41 bits per heavy atom. The topological polar surface area (TPSA) is 42.2 Å². The molecule has 0 aliphatic carbocycles. The molecule has 17 heavy (non-hydrogen) atoms. The van der Waals surface area contributed by atoms with Crippen LogP contribution in [0.25, 0.3) is 11.0 Å². The van der Waals surface area contributed by atoms with Gasteiger partial charge in [-0.1, -0.05) is 18.2 Å². The second-order valence-electron chi connectivity index (χ2n) is 4.63. The molecule has 1 fully saturated rings. The van der Waals surface area contributed by atoms with Gasteiger partial charge in [-0.15, -0.1) is 0 Å². The van der Waals surface area contributed by atoms with Crippen molar-refractivity contribution in [3.05, 3.63) is 36.1 Å². The first kappa shape index (κ1) is 10.5. The van der Waals surface area contributed by atoms with Gasteiger partial charge in [0.05, 0.1) is 5.56 Å². The SMILES string of the molecule is O=C(CC1CCNC1)c1coc2ccccc12. The molecule has 1 aliphatic rings. The first-order valence-electron chi connectivity index (χ1n) is 6.05. The van der Waals surface area contributed by atoms with Gasteiger partial charge < -0.3 is 9.73 Å². The number of hydrogen-bond donors (Lipinski definition) is 1. The average molecular weight is 229 g/mol. The molecule has 1 aromatic heterocycles. The van der Waals surface area contributed by atoms with Gasteiger partial charge in [-0.3, -0.25) is 4.79 Å². The zero-order chi connectivity index (χ0) is 11.7. The summed E-state index contributed by atoms with van der Waals surface area (Å²) in [5, 5.41) is 4.22. The predicted molar refractivity (Wildman–Crippen MR) is 66.1 cm³/mol. The summed E-state index contributed by atoms with van der Waals surface area (Å²) in [5.74, 6) is 0.680. The summed E-state index contributed by atoms with van der Waals surface area (Å²) in [6, 6.07) is 7.69. The zero-order valence-electron chi connectivity index (χ0n) is 9.61. The number of nitrogens with one attached hydrogen (secondary N) is 1. The third kappa shape index (κ3) is 1.98. The summed E-state index contributed by atoms with van der Waals surface area (Å²) in [5.41, 5.74) is 1.52. The van der Waals surface area contributed by atoms with E-state index in [1.807, 2.05) is 24.3 Å². The molecule has 0 radical (unpaired) electrons. The summed E-state index contributed by atoms with van der Waals surface area (Å²) in [6.07, 6.45) is 3.31. The highest BCUT2D eigenvalue weighted by Crippen LogP contribution is 2.24. The highest BCUT2D eigenvalue weighted by Gasteiger charge is 2.21.